The number of anilines is 2. The maximum atomic E-state index is 5.97. The molecule has 2 aromatic rings. The molecule has 1 aromatic heterocycles. The van der Waals surface area contributed by atoms with Gasteiger partial charge in [0.15, 0.2) is 5.82 Å². The van der Waals surface area contributed by atoms with E-state index in [1.807, 2.05) is 36.1 Å². The second-order valence-corrected chi connectivity index (χ2v) is 4.19. The first kappa shape index (κ1) is 9.27. The minimum absolute atomic E-state index is 0.860. The quantitative estimate of drug-likeness (QED) is 0.732. The molecule has 0 fully saturated rings. The highest BCUT2D eigenvalue weighted by molar-refractivity contribution is 5.57. The molecule has 0 radical (unpaired) electrons. The fourth-order valence-corrected chi connectivity index (χ4v) is 2.18. The average molecular weight is 214 g/mol. The van der Waals surface area contributed by atoms with Crippen LogP contribution in [0.15, 0.2) is 30.5 Å². The molecule has 0 spiro atoms. The van der Waals surface area contributed by atoms with Gasteiger partial charge in [-0.2, -0.15) is 5.10 Å². The highest BCUT2D eigenvalue weighted by atomic mass is 15.3. The monoisotopic (exact) mass is 214 g/mol. The van der Waals surface area contributed by atoms with Gasteiger partial charge < -0.3 is 10.6 Å². The Balaban J connectivity index is 1.93. The smallest absolute Gasteiger partial charge is 0.151 e. The Hall–Kier alpha value is -1.97. The number of nitrogens with zero attached hydrogens (tertiary/aromatic N) is 3. The molecular formula is C12H14N4. The fraction of sp³-hybridized carbons (Fsp3) is 0.250. The molecule has 0 unspecified atom stereocenters. The van der Waals surface area contributed by atoms with Gasteiger partial charge >= 0.3 is 0 Å². The molecule has 4 nitrogen and oxygen atoms in total. The van der Waals surface area contributed by atoms with Crippen LogP contribution < -0.4 is 10.6 Å². The van der Waals surface area contributed by atoms with Crippen LogP contribution in [0, 0.1) is 0 Å². The second-order valence-electron chi connectivity index (χ2n) is 4.19. The molecular weight excluding hydrogens is 200 g/mol. The third kappa shape index (κ3) is 1.34. The first-order valence-electron chi connectivity index (χ1n) is 5.35. The number of nitrogen functional groups attached to an aromatic ring is 1. The number of fused-ring (bicyclic) bond motifs is 1. The van der Waals surface area contributed by atoms with Crippen LogP contribution in [0.3, 0.4) is 0 Å². The molecule has 1 aromatic carbocycles. The molecule has 1 aliphatic rings. The van der Waals surface area contributed by atoms with Crippen LogP contribution in [0.4, 0.5) is 11.5 Å². The van der Waals surface area contributed by atoms with Crippen molar-refractivity contribution in [1.29, 1.82) is 0 Å². The molecule has 0 amide bonds. The average Bonchev–Trinajstić information content (AvgIpc) is 2.84. The maximum Gasteiger partial charge on any atom is 0.151 e. The first-order valence-corrected chi connectivity index (χ1v) is 5.35. The topological polar surface area (TPSA) is 47.1 Å². The summed E-state index contributed by atoms with van der Waals surface area (Å²) >= 11 is 0. The van der Waals surface area contributed by atoms with Crippen LogP contribution in [0.2, 0.25) is 0 Å². The van der Waals surface area contributed by atoms with Crippen molar-refractivity contribution in [3.8, 4) is 0 Å². The summed E-state index contributed by atoms with van der Waals surface area (Å²) in [5.74, 6) is 1.01. The molecule has 4 heteroatoms. The summed E-state index contributed by atoms with van der Waals surface area (Å²) in [6.45, 7) is 1.76. The molecule has 82 valence electrons. The van der Waals surface area contributed by atoms with E-state index in [0.29, 0.717) is 0 Å². The zero-order chi connectivity index (χ0) is 11.1. The summed E-state index contributed by atoms with van der Waals surface area (Å²) in [5.41, 5.74) is 9.40. The standard InChI is InChI=1S/C12H14N4/c1-15-6-5-12(14-15)16-7-9-3-2-4-11(13)10(9)8-16/h2-6H,7-8,13H2,1H3. The van der Waals surface area contributed by atoms with E-state index in [1.165, 1.54) is 11.1 Å². The lowest BCUT2D eigenvalue weighted by Crippen LogP contribution is -2.15. The molecule has 0 atom stereocenters. The van der Waals surface area contributed by atoms with Gasteiger partial charge in [-0.15, -0.1) is 0 Å². The van der Waals surface area contributed by atoms with Gasteiger partial charge in [0.25, 0.3) is 0 Å². The summed E-state index contributed by atoms with van der Waals surface area (Å²) in [6.07, 6.45) is 1.96. The Bertz CT molecular complexity index is 530. The van der Waals surface area contributed by atoms with Crippen LogP contribution in [-0.4, -0.2) is 9.78 Å². The van der Waals surface area contributed by atoms with E-state index in [9.17, 15) is 0 Å². The largest absolute Gasteiger partial charge is 0.398 e. The summed E-state index contributed by atoms with van der Waals surface area (Å²) in [5, 5.41) is 4.41. The molecule has 1 aliphatic heterocycles. The first-order chi connectivity index (χ1) is 7.74. The normalized spacial score (nSPS) is 14.2. The van der Waals surface area contributed by atoms with Crippen LogP contribution in [0.1, 0.15) is 11.1 Å². The number of rotatable bonds is 1. The Kier molecular flexibility index (Phi) is 1.89. The lowest BCUT2D eigenvalue weighted by Gasteiger charge is -2.13. The van der Waals surface area contributed by atoms with Crippen LogP contribution >= 0.6 is 0 Å². The van der Waals surface area contributed by atoms with Crippen LogP contribution in [0.5, 0.6) is 0 Å². The summed E-state index contributed by atoms with van der Waals surface area (Å²) < 4.78 is 1.82. The van der Waals surface area contributed by atoms with Crippen molar-refractivity contribution in [2.45, 2.75) is 13.1 Å². The molecule has 0 bridgehead atoms. The lowest BCUT2D eigenvalue weighted by molar-refractivity contribution is 0.744. The van der Waals surface area contributed by atoms with Crippen molar-refractivity contribution in [2.75, 3.05) is 10.6 Å². The van der Waals surface area contributed by atoms with Gasteiger partial charge in [-0.3, -0.25) is 4.68 Å². The van der Waals surface area contributed by atoms with Gasteiger partial charge in [0.2, 0.25) is 0 Å². The molecule has 16 heavy (non-hydrogen) atoms. The molecule has 2 N–H and O–H groups in total. The van der Waals surface area contributed by atoms with Gasteiger partial charge in [0.1, 0.15) is 0 Å². The van der Waals surface area contributed by atoms with Gasteiger partial charge in [-0.25, -0.2) is 0 Å². The van der Waals surface area contributed by atoms with Crippen molar-refractivity contribution in [3.63, 3.8) is 0 Å². The van der Waals surface area contributed by atoms with E-state index in [4.69, 9.17) is 5.73 Å². The summed E-state index contributed by atoms with van der Waals surface area (Å²) in [4.78, 5) is 2.24. The van der Waals surface area contributed by atoms with Crippen LogP contribution in [0.25, 0.3) is 0 Å². The molecule has 0 saturated heterocycles. The lowest BCUT2D eigenvalue weighted by atomic mass is 10.1. The molecule has 0 aliphatic carbocycles. The zero-order valence-electron chi connectivity index (χ0n) is 9.22. The van der Waals surface area contributed by atoms with Crippen molar-refractivity contribution >= 4 is 11.5 Å². The van der Waals surface area contributed by atoms with Crippen molar-refractivity contribution in [2.24, 2.45) is 7.05 Å². The number of hydrogen-bond donors (Lipinski definition) is 1. The minimum atomic E-state index is 0.860. The number of nitrogens with two attached hydrogens (primary N) is 1. The van der Waals surface area contributed by atoms with E-state index in [2.05, 4.69) is 16.1 Å². The Morgan fingerprint density at radius 2 is 2.12 bits per heavy atom. The van der Waals surface area contributed by atoms with Gasteiger partial charge in [-0.05, 0) is 17.2 Å². The Morgan fingerprint density at radius 1 is 1.25 bits per heavy atom. The number of aryl methyl sites for hydroxylation is 1. The highest BCUT2D eigenvalue weighted by Gasteiger charge is 2.21. The highest BCUT2D eigenvalue weighted by Crippen LogP contribution is 2.30. The maximum absolute atomic E-state index is 5.97. The van der Waals surface area contributed by atoms with Crippen molar-refractivity contribution in [1.82, 2.24) is 9.78 Å². The third-order valence-corrected chi connectivity index (χ3v) is 3.04. The zero-order valence-corrected chi connectivity index (χ0v) is 9.22. The van der Waals surface area contributed by atoms with E-state index in [-0.39, 0.29) is 0 Å². The van der Waals surface area contributed by atoms with Gasteiger partial charge in [-0.1, -0.05) is 12.1 Å². The van der Waals surface area contributed by atoms with Crippen molar-refractivity contribution in [3.05, 3.63) is 41.6 Å². The van der Waals surface area contributed by atoms with E-state index in [1.54, 1.807) is 0 Å². The number of benzene rings is 1. The third-order valence-electron chi connectivity index (χ3n) is 3.04. The Labute approximate surface area is 94.3 Å². The molecule has 0 saturated carbocycles. The minimum Gasteiger partial charge on any atom is -0.398 e. The predicted octanol–water partition coefficient (Wildman–Crippen LogP) is 1.52. The molecule has 2 heterocycles. The van der Waals surface area contributed by atoms with Gasteiger partial charge in [0, 0.05) is 38.1 Å². The van der Waals surface area contributed by atoms with Crippen molar-refractivity contribution < 1.29 is 0 Å². The van der Waals surface area contributed by atoms with Crippen LogP contribution in [-0.2, 0) is 20.1 Å². The number of hydrogen-bond acceptors (Lipinski definition) is 3. The summed E-state index contributed by atoms with van der Waals surface area (Å²) in [6, 6.07) is 8.13. The Morgan fingerprint density at radius 3 is 2.81 bits per heavy atom. The number of aromatic nitrogens is 2. The predicted molar refractivity (Wildman–Crippen MR) is 63.9 cm³/mol. The van der Waals surface area contributed by atoms with Gasteiger partial charge in [0.05, 0.1) is 0 Å². The summed E-state index contributed by atoms with van der Waals surface area (Å²) in [7, 11) is 1.93. The van der Waals surface area contributed by atoms with E-state index >= 15 is 0 Å². The second kappa shape index (κ2) is 3.27. The molecule has 3 rings (SSSR count). The van der Waals surface area contributed by atoms with E-state index < -0.39 is 0 Å². The SMILES string of the molecule is Cn1ccc(N2Cc3cccc(N)c3C2)n1. The van der Waals surface area contributed by atoms with E-state index in [0.717, 1.165) is 24.6 Å². The fourth-order valence-electron chi connectivity index (χ4n) is 2.18.